The molecule has 0 saturated carbocycles. The second kappa shape index (κ2) is 5.60. The largest absolute Gasteiger partial charge is 0.376 e. The fourth-order valence-corrected chi connectivity index (χ4v) is 2.77. The van der Waals surface area contributed by atoms with Crippen LogP contribution in [0.15, 0.2) is 29.2 Å². The molecule has 1 fully saturated rings. The molecule has 1 aliphatic rings. The first-order chi connectivity index (χ1) is 10.1. The van der Waals surface area contributed by atoms with Gasteiger partial charge in [-0.2, -0.15) is 0 Å². The van der Waals surface area contributed by atoms with E-state index in [0.29, 0.717) is 5.39 Å². The smallest absolute Gasteiger partial charge is 0.255 e. The Morgan fingerprint density at radius 1 is 1.29 bits per heavy atom. The minimum atomic E-state index is -0.106. The van der Waals surface area contributed by atoms with E-state index in [4.69, 9.17) is 0 Å². The number of hydrogen-bond acceptors (Lipinski definition) is 3. The van der Waals surface area contributed by atoms with Gasteiger partial charge in [0.05, 0.1) is 6.54 Å². The number of nitrogens with zero attached hydrogens (tertiary/aromatic N) is 1. The molecule has 21 heavy (non-hydrogen) atoms. The number of benzene rings is 1. The van der Waals surface area contributed by atoms with Crippen molar-refractivity contribution in [2.24, 2.45) is 0 Å². The zero-order chi connectivity index (χ0) is 14.8. The molecule has 0 radical (unpaired) electrons. The van der Waals surface area contributed by atoms with Crippen molar-refractivity contribution in [3.63, 3.8) is 0 Å². The number of amides is 1. The molecule has 2 heterocycles. The Balaban J connectivity index is 1.77. The molecule has 1 amide bonds. The summed E-state index contributed by atoms with van der Waals surface area (Å²) in [7, 11) is 0. The summed E-state index contributed by atoms with van der Waals surface area (Å²) in [6.45, 7) is 3.95. The van der Waals surface area contributed by atoms with Gasteiger partial charge < -0.3 is 15.2 Å². The minimum absolute atomic E-state index is 0.106. The van der Waals surface area contributed by atoms with E-state index in [1.54, 1.807) is 12.3 Å². The zero-order valence-corrected chi connectivity index (χ0v) is 12.1. The van der Waals surface area contributed by atoms with Crippen LogP contribution >= 0.6 is 0 Å². The molecule has 5 heteroatoms. The van der Waals surface area contributed by atoms with Gasteiger partial charge in [0.1, 0.15) is 0 Å². The monoisotopic (exact) mass is 285 g/mol. The summed E-state index contributed by atoms with van der Waals surface area (Å²) in [5.74, 6) is 0.116. The first-order valence-corrected chi connectivity index (χ1v) is 7.29. The number of aromatic amines is 1. The molecule has 1 aromatic heterocycles. The maximum Gasteiger partial charge on any atom is 0.255 e. The SMILES string of the molecule is Cc1c[nH]c(=O)c2cc(NCC(=O)N3CCCC3)ccc12. The molecule has 5 nitrogen and oxygen atoms in total. The Bertz CT molecular complexity index is 730. The van der Waals surface area contributed by atoms with Crippen LogP contribution in [0.1, 0.15) is 18.4 Å². The van der Waals surface area contributed by atoms with E-state index in [2.05, 4.69) is 10.3 Å². The summed E-state index contributed by atoms with van der Waals surface area (Å²) in [6, 6.07) is 5.63. The highest BCUT2D eigenvalue weighted by molar-refractivity contribution is 5.88. The average Bonchev–Trinajstić information content (AvgIpc) is 3.03. The highest BCUT2D eigenvalue weighted by Gasteiger charge is 2.17. The lowest BCUT2D eigenvalue weighted by molar-refractivity contribution is -0.128. The van der Waals surface area contributed by atoms with Gasteiger partial charge in [-0.1, -0.05) is 6.07 Å². The van der Waals surface area contributed by atoms with Crippen molar-refractivity contribution in [2.75, 3.05) is 25.0 Å². The number of hydrogen-bond donors (Lipinski definition) is 2. The molecule has 0 unspecified atom stereocenters. The normalized spacial score (nSPS) is 14.6. The molecule has 0 atom stereocenters. The molecule has 2 N–H and O–H groups in total. The van der Waals surface area contributed by atoms with Crippen LogP contribution in [0.4, 0.5) is 5.69 Å². The van der Waals surface area contributed by atoms with E-state index in [0.717, 1.165) is 42.6 Å². The predicted molar refractivity (Wildman–Crippen MR) is 83.6 cm³/mol. The quantitative estimate of drug-likeness (QED) is 0.905. The van der Waals surface area contributed by atoms with Gasteiger partial charge in [-0.3, -0.25) is 9.59 Å². The highest BCUT2D eigenvalue weighted by Crippen LogP contribution is 2.18. The van der Waals surface area contributed by atoms with Crippen LogP contribution in [-0.4, -0.2) is 35.4 Å². The number of carbonyl (C=O) groups is 1. The minimum Gasteiger partial charge on any atom is -0.376 e. The number of aryl methyl sites for hydroxylation is 1. The van der Waals surface area contributed by atoms with E-state index in [9.17, 15) is 9.59 Å². The number of likely N-dealkylation sites (tertiary alicyclic amines) is 1. The molecular weight excluding hydrogens is 266 g/mol. The molecule has 0 spiro atoms. The standard InChI is InChI=1S/C16H19N3O2/c1-11-9-18-16(21)14-8-12(4-5-13(11)14)17-10-15(20)19-6-2-3-7-19/h4-5,8-9,17H,2-3,6-7,10H2,1H3,(H,18,21). The summed E-state index contributed by atoms with van der Waals surface area (Å²) >= 11 is 0. The topological polar surface area (TPSA) is 65.2 Å². The first-order valence-electron chi connectivity index (χ1n) is 7.29. The Morgan fingerprint density at radius 3 is 2.81 bits per heavy atom. The molecule has 3 rings (SSSR count). The van der Waals surface area contributed by atoms with Crippen LogP contribution in [0.2, 0.25) is 0 Å². The molecular formula is C16H19N3O2. The summed E-state index contributed by atoms with van der Waals surface area (Å²) in [5, 5.41) is 4.70. The third-order valence-corrected chi connectivity index (χ3v) is 4.01. The van der Waals surface area contributed by atoms with Crippen molar-refractivity contribution in [3.05, 3.63) is 40.3 Å². The van der Waals surface area contributed by atoms with Crippen LogP contribution in [0.25, 0.3) is 10.8 Å². The lowest BCUT2D eigenvalue weighted by Gasteiger charge is -2.16. The van der Waals surface area contributed by atoms with Gasteiger partial charge in [-0.25, -0.2) is 0 Å². The Hall–Kier alpha value is -2.30. The van der Waals surface area contributed by atoms with Gasteiger partial charge in [0.15, 0.2) is 0 Å². The summed E-state index contributed by atoms with van der Waals surface area (Å²) < 4.78 is 0. The second-order valence-electron chi connectivity index (χ2n) is 5.50. The fourth-order valence-electron chi connectivity index (χ4n) is 2.77. The molecule has 110 valence electrons. The number of aromatic nitrogens is 1. The van der Waals surface area contributed by atoms with Crippen molar-refractivity contribution in [3.8, 4) is 0 Å². The van der Waals surface area contributed by atoms with Crippen LogP contribution in [0.3, 0.4) is 0 Å². The molecule has 1 saturated heterocycles. The maximum absolute atomic E-state index is 12.0. The average molecular weight is 285 g/mol. The summed E-state index contributed by atoms with van der Waals surface area (Å²) in [5.41, 5.74) is 1.72. The van der Waals surface area contributed by atoms with Crippen LogP contribution in [-0.2, 0) is 4.79 Å². The Morgan fingerprint density at radius 2 is 2.05 bits per heavy atom. The number of fused-ring (bicyclic) bond motifs is 1. The van der Waals surface area contributed by atoms with Crippen molar-refractivity contribution in [1.82, 2.24) is 9.88 Å². The van der Waals surface area contributed by atoms with Crippen LogP contribution in [0, 0.1) is 6.92 Å². The zero-order valence-electron chi connectivity index (χ0n) is 12.1. The second-order valence-corrected chi connectivity index (χ2v) is 5.50. The summed E-state index contributed by atoms with van der Waals surface area (Å²) in [4.78, 5) is 28.5. The number of carbonyl (C=O) groups excluding carboxylic acids is 1. The van der Waals surface area contributed by atoms with Crippen LogP contribution < -0.4 is 10.9 Å². The van der Waals surface area contributed by atoms with E-state index >= 15 is 0 Å². The number of H-pyrrole nitrogens is 1. The van der Waals surface area contributed by atoms with Crippen molar-refractivity contribution < 1.29 is 4.79 Å². The lowest BCUT2D eigenvalue weighted by Crippen LogP contribution is -2.32. The third kappa shape index (κ3) is 2.77. The van der Waals surface area contributed by atoms with Crippen molar-refractivity contribution in [2.45, 2.75) is 19.8 Å². The Kier molecular flexibility index (Phi) is 3.64. The van der Waals surface area contributed by atoms with Crippen molar-refractivity contribution >= 4 is 22.4 Å². The van der Waals surface area contributed by atoms with E-state index in [-0.39, 0.29) is 18.0 Å². The van der Waals surface area contributed by atoms with Gasteiger partial charge in [0.25, 0.3) is 5.56 Å². The third-order valence-electron chi connectivity index (χ3n) is 4.01. The first kappa shape index (κ1) is 13.7. The molecule has 2 aromatic rings. The molecule has 1 aliphatic heterocycles. The number of rotatable bonds is 3. The van der Waals surface area contributed by atoms with Gasteiger partial charge in [0, 0.05) is 30.4 Å². The number of anilines is 1. The number of pyridine rings is 1. The van der Waals surface area contributed by atoms with Gasteiger partial charge in [-0.05, 0) is 42.8 Å². The lowest BCUT2D eigenvalue weighted by atomic mass is 10.1. The van der Waals surface area contributed by atoms with Gasteiger partial charge in [-0.15, -0.1) is 0 Å². The summed E-state index contributed by atoms with van der Waals surface area (Å²) in [6.07, 6.45) is 3.90. The Labute approximate surface area is 123 Å². The predicted octanol–water partition coefficient (Wildman–Crippen LogP) is 1.87. The van der Waals surface area contributed by atoms with Crippen LogP contribution in [0.5, 0.6) is 0 Å². The van der Waals surface area contributed by atoms with Crippen molar-refractivity contribution in [1.29, 1.82) is 0 Å². The van der Waals surface area contributed by atoms with Gasteiger partial charge in [0.2, 0.25) is 5.91 Å². The number of nitrogens with one attached hydrogen (secondary N) is 2. The maximum atomic E-state index is 12.0. The highest BCUT2D eigenvalue weighted by atomic mass is 16.2. The van der Waals surface area contributed by atoms with E-state index in [1.807, 2.05) is 24.0 Å². The van der Waals surface area contributed by atoms with E-state index < -0.39 is 0 Å². The van der Waals surface area contributed by atoms with E-state index in [1.165, 1.54) is 0 Å². The molecule has 1 aromatic carbocycles. The fraction of sp³-hybridized carbons (Fsp3) is 0.375. The molecule has 0 aliphatic carbocycles. The van der Waals surface area contributed by atoms with Gasteiger partial charge >= 0.3 is 0 Å². The molecule has 0 bridgehead atoms.